The molecule has 0 aliphatic heterocycles. The van der Waals surface area contributed by atoms with Crippen molar-refractivity contribution in [2.24, 2.45) is 0 Å². The minimum Gasteiger partial charge on any atom is -0.466 e. The van der Waals surface area contributed by atoms with E-state index in [4.69, 9.17) is 9.47 Å². The molecule has 17 heavy (non-hydrogen) atoms. The van der Waals surface area contributed by atoms with Gasteiger partial charge in [0.2, 0.25) is 0 Å². The number of hydrogen-bond acceptors (Lipinski definition) is 4. The zero-order valence-electron chi connectivity index (χ0n) is 11.2. The number of rotatable bonds is 9. The molecule has 0 amide bonds. The molecule has 0 aliphatic carbocycles. The van der Waals surface area contributed by atoms with Gasteiger partial charge in [0.05, 0.1) is 25.6 Å². The molecule has 0 saturated carbocycles. The summed E-state index contributed by atoms with van der Waals surface area (Å²) in [4.78, 5) is 22.4. The van der Waals surface area contributed by atoms with Crippen molar-refractivity contribution >= 4 is 11.9 Å². The third kappa shape index (κ3) is 11.2. The Morgan fingerprint density at radius 3 is 2.24 bits per heavy atom. The summed E-state index contributed by atoms with van der Waals surface area (Å²) < 4.78 is 9.91. The highest BCUT2D eigenvalue weighted by atomic mass is 16.5. The Balaban J connectivity index is 3.43. The van der Waals surface area contributed by atoms with Crippen molar-refractivity contribution in [3.63, 3.8) is 0 Å². The van der Waals surface area contributed by atoms with Crippen molar-refractivity contribution in [1.29, 1.82) is 0 Å². The predicted molar refractivity (Wildman–Crippen MR) is 65.6 cm³/mol. The van der Waals surface area contributed by atoms with Crippen molar-refractivity contribution in [3.05, 3.63) is 0 Å². The van der Waals surface area contributed by atoms with Gasteiger partial charge in [-0.25, -0.2) is 0 Å². The summed E-state index contributed by atoms with van der Waals surface area (Å²) in [5, 5.41) is 0. The third-order valence-electron chi connectivity index (χ3n) is 2.16. The first-order valence-electron chi connectivity index (χ1n) is 6.41. The molecule has 100 valence electrons. The molecule has 0 heterocycles. The van der Waals surface area contributed by atoms with Crippen molar-refractivity contribution in [3.8, 4) is 0 Å². The van der Waals surface area contributed by atoms with Crippen LogP contribution in [0.15, 0.2) is 0 Å². The van der Waals surface area contributed by atoms with Gasteiger partial charge in [-0.1, -0.05) is 26.2 Å². The number of ether oxygens (including phenoxy) is 2. The van der Waals surface area contributed by atoms with Gasteiger partial charge in [0, 0.05) is 0 Å². The van der Waals surface area contributed by atoms with Crippen LogP contribution in [0.3, 0.4) is 0 Å². The summed E-state index contributed by atoms with van der Waals surface area (Å²) >= 11 is 0. The molecule has 0 fully saturated rings. The van der Waals surface area contributed by atoms with Crippen molar-refractivity contribution < 1.29 is 19.1 Å². The highest BCUT2D eigenvalue weighted by Gasteiger charge is 2.10. The van der Waals surface area contributed by atoms with Crippen molar-refractivity contribution in [2.45, 2.75) is 65.4 Å². The second-order valence-electron chi connectivity index (χ2n) is 4.32. The minimum atomic E-state index is -0.345. The average Bonchev–Trinajstić information content (AvgIpc) is 2.25. The van der Waals surface area contributed by atoms with Crippen LogP contribution < -0.4 is 0 Å². The van der Waals surface area contributed by atoms with E-state index in [1.165, 1.54) is 0 Å². The van der Waals surface area contributed by atoms with Crippen LogP contribution in [0.1, 0.15) is 59.3 Å². The molecule has 0 bridgehead atoms. The number of hydrogen-bond donors (Lipinski definition) is 0. The molecule has 0 unspecified atom stereocenters. The molecule has 0 atom stereocenters. The van der Waals surface area contributed by atoms with Gasteiger partial charge in [0.15, 0.2) is 0 Å². The van der Waals surface area contributed by atoms with Gasteiger partial charge in [-0.05, 0) is 20.3 Å². The summed E-state index contributed by atoms with van der Waals surface area (Å²) in [7, 11) is 0. The first-order chi connectivity index (χ1) is 8.06. The van der Waals surface area contributed by atoms with Gasteiger partial charge in [-0.2, -0.15) is 0 Å². The molecule has 0 rings (SSSR count). The van der Waals surface area contributed by atoms with E-state index in [0.717, 1.165) is 25.7 Å². The SMILES string of the molecule is CCCCCCOC(=O)CCC(=O)OC(C)C. The van der Waals surface area contributed by atoms with Crippen LogP contribution >= 0.6 is 0 Å². The molecule has 4 heteroatoms. The third-order valence-corrected chi connectivity index (χ3v) is 2.16. The van der Waals surface area contributed by atoms with E-state index >= 15 is 0 Å². The molecule has 0 aliphatic rings. The lowest BCUT2D eigenvalue weighted by molar-refractivity contribution is -0.152. The van der Waals surface area contributed by atoms with E-state index in [-0.39, 0.29) is 30.9 Å². The maximum Gasteiger partial charge on any atom is 0.306 e. The van der Waals surface area contributed by atoms with Gasteiger partial charge >= 0.3 is 11.9 Å². The molecular weight excluding hydrogens is 220 g/mol. The summed E-state index contributed by atoms with van der Waals surface area (Å²) in [6.07, 6.45) is 4.39. The molecule has 0 aromatic carbocycles. The van der Waals surface area contributed by atoms with Crippen LogP contribution in [-0.2, 0) is 19.1 Å². The predicted octanol–water partition coefficient (Wildman–Crippen LogP) is 2.84. The second kappa shape index (κ2) is 10.1. The van der Waals surface area contributed by atoms with E-state index in [1.807, 2.05) is 0 Å². The zero-order chi connectivity index (χ0) is 13.1. The van der Waals surface area contributed by atoms with Gasteiger partial charge in [-0.3, -0.25) is 9.59 Å². The first kappa shape index (κ1) is 15.9. The van der Waals surface area contributed by atoms with Crippen LogP contribution in [0.25, 0.3) is 0 Å². The monoisotopic (exact) mass is 244 g/mol. The molecule has 0 spiro atoms. The van der Waals surface area contributed by atoms with Gasteiger partial charge < -0.3 is 9.47 Å². The van der Waals surface area contributed by atoms with Crippen LogP contribution in [-0.4, -0.2) is 24.6 Å². The average molecular weight is 244 g/mol. The lowest BCUT2D eigenvalue weighted by Gasteiger charge is -2.07. The highest BCUT2D eigenvalue weighted by molar-refractivity contribution is 5.77. The molecule has 0 saturated heterocycles. The van der Waals surface area contributed by atoms with Gasteiger partial charge in [-0.15, -0.1) is 0 Å². The normalized spacial score (nSPS) is 10.4. The maximum absolute atomic E-state index is 11.2. The zero-order valence-corrected chi connectivity index (χ0v) is 11.2. The van der Waals surface area contributed by atoms with E-state index in [9.17, 15) is 9.59 Å². The minimum absolute atomic E-state index is 0.103. The maximum atomic E-state index is 11.2. The van der Waals surface area contributed by atoms with E-state index < -0.39 is 0 Å². The quantitative estimate of drug-likeness (QED) is 0.462. The molecule has 0 aromatic heterocycles. The summed E-state index contributed by atoms with van der Waals surface area (Å²) in [6, 6.07) is 0. The number of carbonyl (C=O) groups is 2. The van der Waals surface area contributed by atoms with E-state index in [2.05, 4.69) is 6.92 Å². The molecule has 4 nitrogen and oxygen atoms in total. The molecule has 0 radical (unpaired) electrons. The number of carbonyl (C=O) groups excluding carboxylic acids is 2. The summed E-state index contributed by atoms with van der Waals surface area (Å²) in [5.74, 6) is -0.662. The van der Waals surface area contributed by atoms with Crippen LogP contribution in [0.2, 0.25) is 0 Å². The Morgan fingerprint density at radius 2 is 1.65 bits per heavy atom. The Kier molecular flexibility index (Phi) is 9.49. The molecule has 0 N–H and O–H groups in total. The van der Waals surface area contributed by atoms with Gasteiger partial charge in [0.25, 0.3) is 0 Å². The Labute approximate surface area is 104 Å². The summed E-state index contributed by atoms with van der Waals surface area (Å²) in [6.45, 7) is 6.15. The fourth-order valence-electron chi connectivity index (χ4n) is 1.31. The Bertz CT molecular complexity index is 223. The van der Waals surface area contributed by atoms with E-state index in [0.29, 0.717) is 6.61 Å². The fraction of sp³-hybridized carbons (Fsp3) is 0.846. The first-order valence-corrected chi connectivity index (χ1v) is 6.41. The second-order valence-corrected chi connectivity index (χ2v) is 4.32. The Hall–Kier alpha value is -1.06. The molecule has 0 aromatic rings. The lowest BCUT2D eigenvalue weighted by Crippen LogP contribution is -2.14. The molecular formula is C13H24O4. The smallest absolute Gasteiger partial charge is 0.306 e. The standard InChI is InChI=1S/C13H24O4/c1-4-5-6-7-10-16-12(14)8-9-13(15)17-11(2)3/h11H,4-10H2,1-3H3. The Morgan fingerprint density at radius 1 is 1.00 bits per heavy atom. The topological polar surface area (TPSA) is 52.6 Å². The van der Waals surface area contributed by atoms with Crippen LogP contribution in [0, 0.1) is 0 Å². The highest BCUT2D eigenvalue weighted by Crippen LogP contribution is 2.02. The van der Waals surface area contributed by atoms with Crippen LogP contribution in [0.5, 0.6) is 0 Å². The number of esters is 2. The number of unbranched alkanes of at least 4 members (excludes halogenated alkanes) is 3. The lowest BCUT2D eigenvalue weighted by atomic mass is 10.2. The van der Waals surface area contributed by atoms with Gasteiger partial charge in [0.1, 0.15) is 0 Å². The van der Waals surface area contributed by atoms with Crippen molar-refractivity contribution in [2.75, 3.05) is 6.61 Å². The van der Waals surface area contributed by atoms with Crippen LogP contribution in [0.4, 0.5) is 0 Å². The fourth-order valence-corrected chi connectivity index (χ4v) is 1.31. The van der Waals surface area contributed by atoms with Crippen molar-refractivity contribution in [1.82, 2.24) is 0 Å². The van der Waals surface area contributed by atoms with E-state index in [1.54, 1.807) is 13.8 Å². The summed E-state index contributed by atoms with van der Waals surface area (Å²) in [5.41, 5.74) is 0. The largest absolute Gasteiger partial charge is 0.466 e.